The standard InChI is InChI=1S/C18H21N3O5S/c19-27(23,24)15-4-1-13(2-5-15)7-8-21-18(22)11-20-10-14-3-6-16-17(9-14)26-12-25-16/h1-6,9,20H,7-8,10-12H2,(H,21,22)(H2,19,23,24). The fourth-order valence-electron chi connectivity index (χ4n) is 2.63. The van der Waals surface area contributed by atoms with Gasteiger partial charge in [-0.15, -0.1) is 0 Å². The average molecular weight is 391 g/mol. The van der Waals surface area contributed by atoms with Crippen LogP contribution in [0.25, 0.3) is 0 Å². The van der Waals surface area contributed by atoms with Gasteiger partial charge in [0.1, 0.15) is 0 Å². The summed E-state index contributed by atoms with van der Waals surface area (Å²) in [6, 6.07) is 11.9. The molecule has 1 heterocycles. The third-order valence-electron chi connectivity index (χ3n) is 4.04. The maximum absolute atomic E-state index is 11.9. The lowest BCUT2D eigenvalue weighted by atomic mass is 10.1. The Morgan fingerprint density at radius 2 is 1.74 bits per heavy atom. The molecule has 2 aromatic rings. The monoisotopic (exact) mass is 391 g/mol. The zero-order valence-electron chi connectivity index (χ0n) is 14.6. The zero-order chi connectivity index (χ0) is 19.3. The number of hydrogen-bond donors (Lipinski definition) is 3. The van der Waals surface area contributed by atoms with Crippen molar-refractivity contribution in [1.82, 2.24) is 10.6 Å². The van der Waals surface area contributed by atoms with Crippen molar-refractivity contribution in [2.45, 2.75) is 17.9 Å². The van der Waals surface area contributed by atoms with E-state index in [4.69, 9.17) is 14.6 Å². The van der Waals surface area contributed by atoms with E-state index in [2.05, 4.69) is 10.6 Å². The minimum atomic E-state index is -3.68. The number of benzene rings is 2. The highest BCUT2D eigenvalue weighted by Gasteiger charge is 2.13. The first kappa shape index (κ1) is 19.2. The lowest BCUT2D eigenvalue weighted by molar-refractivity contribution is -0.120. The Morgan fingerprint density at radius 3 is 2.48 bits per heavy atom. The number of nitrogens with one attached hydrogen (secondary N) is 2. The number of nitrogens with two attached hydrogens (primary N) is 1. The molecule has 1 aliphatic heterocycles. The molecule has 8 nitrogen and oxygen atoms in total. The molecule has 3 rings (SSSR count). The molecule has 4 N–H and O–H groups in total. The Morgan fingerprint density at radius 1 is 1.04 bits per heavy atom. The Kier molecular flexibility index (Phi) is 5.94. The van der Waals surface area contributed by atoms with Gasteiger partial charge in [-0.3, -0.25) is 4.79 Å². The van der Waals surface area contributed by atoms with E-state index < -0.39 is 10.0 Å². The highest BCUT2D eigenvalue weighted by molar-refractivity contribution is 7.89. The smallest absolute Gasteiger partial charge is 0.238 e. The second-order valence-electron chi connectivity index (χ2n) is 6.08. The minimum absolute atomic E-state index is 0.0722. The summed E-state index contributed by atoms with van der Waals surface area (Å²) in [7, 11) is -3.68. The Balaban J connectivity index is 1.36. The van der Waals surface area contributed by atoms with Gasteiger partial charge in [0.05, 0.1) is 11.4 Å². The summed E-state index contributed by atoms with van der Waals surface area (Å²) in [4.78, 5) is 12.0. The molecule has 0 aliphatic carbocycles. The first-order valence-electron chi connectivity index (χ1n) is 8.39. The van der Waals surface area contributed by atoms with E-state index in [0.717, 1.165) is 16.9 Å². The number of primary sulfonamides is 1. The summed E-state index contributed by atoms with van der Waals surface area (Å²) in [6.07, 6.45) is 0.596. The summed E-state index contributed by atoms with van der Waals surface area (Å²) >= 11 is 0. The number of carbonyl (C=O) groups excluding carboxylic acids is 1. The number of hydrogen-bond acceptors (Lipinski definition) is 6. The van der Waals surface area contributed by atoms with Crippen LogP contribution in [0, 0.1) is 0 Å². The molecule has 0 fully saturated rings. The number of fused-ring (bicyclic) bond motifs is 1. The molecular weight excluding hydrogens is 370 g/mol. The third kappa shape index (κ3) is 5.43. The number of sulfonamides is 1. The summed E-state index contributed by atoms with van der Waals surface area (Å²) < 4.78 is 33.0. The molecule has 0 radical (unpaired) electrons. The molecule has 1 amide bonds. The lowest BCUT2D eigenvalue weighted by Gasteiger charge is -2.08. The van der Waals surface area contributed by atoms with Crippen LogP contribution in [0.2, 0.25) is 0 Å². The van der Waals surface area contributed by atoms with Gasteiger partial charge in [-0.2, -0.15) is 0 Å². The molecule has 0 atom stereocenters. The van der Waals surface area contributed by atoms with Gasteiger partial charge in [-0.1, -0.05) is 18.2 Å². The molecule has 0 bridgehead atoms. The molecule has 0 saturated heterocycles. The summed E-state index contributed by atoms with van der Waals surface area (Å²) in [6.45, 7) is 1.43. The van der Waals surface area contributed by atoms with Crippen molar-refractivity contribution in [1.29, 1.82) is 0 Å². The molecule has 27 heavy (non-hydrogen) atoms. The van der Waals surface area contributed by atoms with Gasteiger partial charge in [0.15, 0.2) is 11.5 Å². The van der Waals surface area contributed by atoms with E-state index in [1.54, 1.807) is 12.1 Å². The van der Waals surface area contributed by atoms with E-state index in [1.165, 1.54) is 12.1 Å². The highest BCUT2D eigenvalue weighted by atomic mass is 32.2. The maximum Gasteiger partial charge on any atom is 0.238 e. The van der Waals surface area contributed by atoms with Crippen LogP contribution in [0.4, 0.5) is 0 Å². The SMILES string of the molecule is NS(=O)(=O)c1ccc(CCNC(=O)CNCc2ccc3c(c2)OCO3)cc1. The van der Waals surface area contributed by atoms with Crippen LogP contribution in [-0.4, -0.2) is 34.2 Å². The van der Waals surface area contributed by atoms with Gasteiger partial charge in [0.2, 0.25) is 22.7 Å². The highest BCUT2D eigenvalue weighted by Crippen LogP contribution is 2.32. The van der Waals surface area contributed by atoms with Gasteiger partial charge in [0, 0.05) is 13.1 Å². The van der Waals surface area contributed by atoms with Gasteiger partial charge < -0.3 is 20.1 Å². The molecule has 0 aromatic heterocycles. The Hall–Kier alpha value is -2.62. The Labute approximate surface area is 157 Å². The molecule has 2 aromatic carbocycles. The molecular formula is C18H21N3O5S. The first-order valence-corrected chi connectivity index (χ1v) is 9.94. The topological polar surface area (TPSA) is 120 Å². The van der Waals surface area contributed by atoms with Crippen molar-refractivity contribution in [3.63, 3.8) is 0 Å². The van der Waals surface area contributed by atoms with Crippen LogP contribution in [-0.2, 0) is 27.8 Å². The fraction of sp³-hybridized carbons (Fsp3) is 0.278. The molecule has 0 saturated carbocycles. The summed E-state index contributed by atoms with van der Waals surface area (Å²) in [5, 5.41) is 10.9. The number of amides is 1. The molecule has 0 unspecified atom stereocenters. The van der Waals surface area contributed by atoms with Gasteiger partial charge in [-0.05, 0) is 41.8 Å². The van der Waals surface area contributed by atoms with Gasteiger partial charge in [-0.25, -0.2) is 13.6 Å². The largest absolute Gasteiger partial charge is 0.454 e. The first-order chi connectivity index (χ1) is 12.9. The van der Waals surface area contributed by atoms with E-state index in [-0.39, 0.29) is 24.1 Å². The summed E-state index contributed by atoms with van der Waals surface area (Å²) in [5.74, 6) is 1.33. The van der Waals surface area contributed by atoms with Gasteiger partial charge in [0.25, 0.3) is 0 Å². The molecule has 1 aliphatic rings. The van der Waals surface area contributed by atoms with Crippen LogP contribution >= 0.6 is 0 Å². The van der Waals surface area contributed by atoms with Crippen LogP contribution in [0.1, 0.15) is 11.1 Å². The van der Waals surface area contributed by atoms with Crippen molar-refractivity contribution < 1.29 is 22.7 Å². The fourth-order valence-corrected chi connectivity index (χ4v) is 3.14. The van der Waals surface area contributed by atoms with Crippen molar-refractivity contribution >= 4 is 15.9 Å². The Bertz CT molecular complexity index is 913. The third-order valence-corrected chi connectivity index (χ3v) is 4.97. The van der Waals surface area contributed by atoms with Crippen LogP contribution < -0.4 is 25.2 Å². The van der Waals surface area contributed by atoms with Crippen molar-refractivity contribution in [2.75, 3.05) is 19.9 Å². The van der Waals surface area contributed by atoms with Crippen LogP contribution in [0.5, 0.6) is 11.5 Å². The number of carbonyl (C=O) groups is 1. The summed E-state index contributed by atoms with van der Waals surface area (Å²) in [5.41, 5.74) is 1.91. The minimum Gasteiger partial charge on any atom is -0.454 e. The number of ether oxygens (including phenoxy) is 2. The molecule has 0 spiro atoms. The molecule has 144 valence electrons. The maximum atomic E-state index is 11.9. The normalized spacial score (nSPS) is 12.8. The van der Waals surface area contributed by atoms with Crippen LogP contribution in [0.15, 0.2) is 47.4 Å². The second kappa shape index (κ2) is 8.38. The van der Waals surface area contributed by atoms with Crippen LogP contribution in [0.3, 0.4) is 0 Å². The zero-order valence-corrected chi connectivity index (χ0v) is 15.4. The van der Waals surface area contributed by atoms with Gasteiger partial charge >= 0.3 is 0 Å². The van der Waals surface area contributed by atoms with E-state index in [9.17, 15) is 13.2 Å². The predicted octanol–water partition coefficient (Wildman–Crippen LogP) is 0.511. The van der Waals surface area contributed by atoms with E-state index in [1.807, 2.05) is 18.2 Å². The number of rotatable bonds is 8. The average Bonchev–Trinajstić information content (AvgIpc) is 3.09. The van der Waals surface area contributed by atoms with E-state index in [0.29, 0.717) is 25.3 Å². The van der Waals surface area contributed by atoms with Crippen molar-refractivity contribution in [3.8, 4) is 11.5 Å². The van der Waals surface area contributed by atoms with Crippen molar-refractivity contribution in [2.24, 2.45) is 5.14 Å². The quantitative estimate of drug-likeness (QED) is 0.603. The van der Waals surface area contributed by atoms with Crippen molar-refractivity contribution in [3.05, 3.63) is 53.6 Å². The molecule has 9 heteroatoms. The lowest BCUT2D eigenvalue weighted by Crippen LogP contribution is -2.34. The predicted molar refractivity (Wildman–Crippen MR) is 98.8 cm³/mol. The van der Waals surface area contributed by atoms with E-state index >= 15 is 0 Å². The second-order valence-corrected chi connectivity index (χ2v) is 7.64.